The van der Waals surface area contributed by atoms with Crippen LogP contribution in [-0.4, -0.2) is 49.4 Å². The van der Waals surface area contributed by atoms with Gasteiger partial charge < -0.3 is 33.9 Å². The van der Waals surface area contributed by atoms with E-state index in [1.165, 1.54) is 0 Å². The first kappa shape index (κ1) is 35.4. The lowest BCUT2D eigenvalue weighted by molar-refractivity contribution is -0.123. The molecule has 3 unspecified atom stereocenters. The summed E-state index contributed by atoms with van der Waals surface area (Å²) in [5, 5.41) is 10.8. The van der Waals surface area contributed by atoms with Crippen molar-refractivity contribution in [3.63, 3.8) is 0 Å². The molecule has 10 heteroatoms. The fourth-order valence-corrected chi connectivity index (χ4v) is 9.70. The fourth-order valence-electron chi connectivity index (χ4n) is 9.70. The largest absolute Gasteiger partial charge is 0.454 e. The van der Waals surface area contributed by atoms with Gasteiger partial charge in [0.15, 0.2) is 28.8 Å². The summed E-state index contributed by atoms with van der Waals surface area (Å²) in [7, 11) is 0. The van der Waals surface area contributed by atoms with Gasteiger partial charge in [0.05, 0.1) is 6.10 Å². The molecule has 2 spiro atoms. The Kier molecular flexibility index (Phi) is 8.84. The van der Waals surface area contributed by atoms with Crippen LogP contribution in [0.25, 0.3) is 0 Å². The highest BCUT2D eigenvalue weighted by atomic mass is 16.7. The third kappa shape index (κ3) is 5.28. The highest BCUT2D eigenvalue weighted by molar-refractivity contribution is 6.14. The van der Waals surface area contributed by atoms with Gasteiger partial charge in [-0.05, 0) is 83.5 Å². The van der Waals surface area contributed by atoms with E-state index in [2.05, 4.69) is 13.8 Å². The molecule has 4 heterocycles. The lowest BCUT2D eigenvalue weighted by Gasteiger charge is -2.34. The molecule has 6 aliphatic rings. The van der Waals surface area contributed by atoms with Crippen molar-refractivity contribution in [1.29, 1.82) is 0 Å². The summed E-state index contributed by atoms with van der Waals surface area (Å²) in [4.78, 5) is 44.1. The van der Waals surface area contributed by atoms with Gasteiger partial charge in [0, 0.05) is 42.9 Å². The summed E-state index contributed by atoms with van der Waals surface area (Å²) in [6.07, 6.45) is 6.88. The summed E-state index contributed by atoms with van der Waals surface area (Å²) in [5.41, 5.74) is 5.28. The van der Waals surface area contributed by atoms with Crippen LogP contribution >= 0.6 is 0 Å². The maximum atomic E-state index is 13.8. The van der Waals surface area contributed by atoms with Gasteiger partial charge in [-0.2, -0.15) is 0 Å². The molecule has 3 atom stereocenters. The van der Waals surface area contributed by atoms with Crippen LogP contribution in [0.3, 0.4) is 0 Å². The number of ether oxygens (including phenoxy) is 4. The Balaban J connectivity index is 0.000000144. The number of hydrogen-bond acceptors (Lipinski definition) is 8. The van der Waals surface area contributed by atoms with E-state index in [0.29, 0.717) is 60.9 Å². The van der Waals surface area contributed by atoms with Crippen LogP contribution in [0.4, 0.5) is 11.4 Å². The number of anilines is 2. The predicted octanol–water partition coefficient (Wildman–Crippen LogP) is 7.89. The standard InChI is InChI=1S/C23H23NO4.C22H23NO4/c1-2-3-6-11-24-18-8-5-4-7-16(18)23(22(24)26)10-9-19(25)15-12-20-21(13-17(15)23)28-14-27-20;1-2-3-6-9-23-17-8-5-4-7-15(17)22(21(23)25)12-18(24)14-10-19-20(11-16(14)22)27-13-26-19/h4-5,7-8,12-13H,2-3,6,9-11,14H2,1H3;4-5,7-8,10-11,18,24H,2-3,6,9,12-13H2,1H3. The van der Waals surface area contributed by atoms with Gasteiger partial charge in [-0.3, -0.25) is 14.4 Å². The molecule has 0 aromatic heterocycles. The van der Waals surface area contributed by atoms with Crippen molar-refractivity contribution >= 4 is 29.0 Å². The molecule has 2 aliphatic carbocycles. The maximum Gasteiger partial charge on any atom is 0.242 e. The normalized spacial score (nSPS) is 23.3. The van der Waals surface area contributed by atoms with E-state index in [9.17, 15) is 19.5 Å². The molecule has 4 aromatic carbocycles. The monoisotopic (exact) mass is 742 g/mol. The first-order chi connectivity index (χ1) is 26.8. The van der Waals surface area contributed by atoms with Crippen LogP contribution in [0.5, 0.6) is 23.0 Å². The minimum Gasteiger partial charge on any atom is -0.454 e. The van der Waals surface area contributed by atoms with Crippen molar-refractivity contribution in [2.75, 3.05) is 36.5 Å². The molecule has 0 saturated carbocycles. The van der Waals surface area contributed by atoms with Crippen molar-refractivity contribution < 1.29 is 38.4 Å². The molecule has 0 fully saturated rings. The van der Waals surface area contributed by atoms with E-state index >= 15 is 0 Å². The topological polar surface area (TPSA) is 115 Å². The number of amides is 2. The fraction of sp³-hybridized carbons (Fsp3) is 0.400. The number of hydrogen-bond donors (Lipinski definition) is 1. The Morgan fingerprint density at radius 3 is 1.75 bits per heavy atom. The zero-order valence-corrected chi connectivity index (χ0v) is 31.4. The van der Waals surface area contributed by atoms with E-state index < -0.39 is 16.9 Å². The molecule has 55 heavy (non-hydrogen) atoms. The number of fused-ring (bicyclic) bond motifs is 10. The van der Waals surface area contributed by atoms with Gasteiger partial charge in [-0.15, -0.1) is 0 Å². The number of nitrogens with zero attached hydrogens (tertiary/aromatic N) is 2. The Morgan fingerprint density at radius 2 is 1.15 bits per heavy atom. The molecule has 2 amide bonds. The average molecular weight is 743 g/mol. The molecular formula is C45H46N2O8. The van der Waals surface area contributed by atoms with Crippen molar-refractivity contribution in [3.8, 4) is 23.0 Å². The van der Waals surface area contributed by atoms with Crippen LogP contribution in [-0.2, 0) is 20.4 Å². The maximum absolute atomic E-state index is 13.8. The summed E-state index contributed by atoms with van der Waals surface area (Å²) >= 11 is 0. The lowest BCUT2D eigenvalue weighted by Crippen LogP contribution is -2.44. The molecule has 4 aromatic rings. The third-order valence-corrected chi connectivity index (χ3v) is 12.4. The molecule has 0 saturated heterocycles. The minimum absolute atomic E-state index is 0.0636. The number of benzene rings is 4. The predicted molar refractivity (Wildman–Crippen MR) is 206 cm³/mol. The lowest BCUT2D eigenvalue weighted by atomic mass is 9.66. The van der Waals surface area contributed by atoms with Crippen molar-refractivity contribution in [1.82, 2.24) is 0 Å². The Labute approximate surface area is 320 Å². The second-order valence-electron chi connectivity index (χ2n) is 15.4. The van der Waals surface area contributed by atoms with E-state index in [-0.39, 0.29) is 31.2 Å². The van der Waals surface area contributed by atoms with Crippen LogP contribution in [0.2, 0.25) is 0 Å². The van der Waals surface area contributed by atoms with Crippen molar-refractivity contribution in [3.05, 3.63) is 106 Å². The molecule has 4 aliphatic heterocycles. The number of rotatable bonds is 8. The highest BCUT2D eigenvalue weighted by Gasteiger charge is 2.58. The van der Waals surface area contributed by atoms with Crippen LogP contribution in [0, 0.1) is 0 Å². The quantitative estimate of drug-likeness (QED) is 0.181. The highest BCUT2D eigenvalue weighted by Crippen LogP contribution is 2.59. The molecule has 10 nitrogen and oxygen atoms in total. The molecule has 0 radical (unpaired) electrons. The number of carbonyl (C=O) groups excluding carboxylic acids is 3. The minimum atomic E-state index is -0.835. The molecular weight excluding hydrogens is 697 g/mol. The van der Waals surface area contributed by atoms with E-state index in [4.69, 9.17) is 18.9 Å². The van der Waals surface area contributed by atoms with Gasteiger partial charge in [0.1, 0.15) is 10.8 Å². The second-order valence-corrected chi connectivity index (χ2v) is 15.4. The van der Waals surface area contributed by atoms with Gasteiger partial charge in [-0.1, -0.05) is 75.9 Å². The summed E-state index contributed by atoms with van der Waals surface area (Å²) in [6, 6.07) is 23.4. The Bertz CT molecular complexity index is 2220. The SMILES string of the molecule is CCCCCN1C(=O)C2(CC(O)c3cc4c(cc32)OCO4)c2ccccc21.CCCCCN1C(=O)C2(CCC(=O)c3cc4c(cc32)OCO4)c2ccccc21. The van der Waals surface area contributed by atoms with Crippen LogP contribution < -0.4 is 28.7 Å². The first-order valence-corrected chi connectivity index (χ1v) is 19.8. The van der Waals surface area contributed by atoms with Gasteiger partial charge in [0.2, 0.25) is 25.4 Å². The molecule has 284 valence electrons. The number of aliphatic hydroxyl groups excluding tert-OH is 1. The van der Waals surface area contributed by atoms with Gasteiger partial charge >= 0.3 is 0 Å². The zero-order valence-electron chi connectivity index (χ0n) is 31.4. The van der Waals surface area contributed by atoms with Crippen molar-refractivity contribution in [2.24, 2.45) is 0 Å². The summed E-state index contributed by atoms with van der Waals surface area (Å²) in [5.74, 6) is 2.70. The average Bonchev–Trinajstić information content (AvgIpc) is 4.01. The Hall–Kier alpha value is -5.35. The van der Waals surface area contributed by atoms with Crippen LogP contribution in [0.1, 0.15) is 116 Å². The van der Waals surface area contributed by atoms with E-state index in [1.807, 2.05) is 76.5 Å². The number of unbranched alkanes of at least 4 members (excludes halogenated alkanes) is 4. The van der Waals surface area contributed by atoms with Gasteiger partial charge in [-0.25, -0.2) is 0 Å². The van der Waals surface area contributed by atoms with Crippen LogP contribution in [0.15, 0.2) is 72.8 Å². The number of Topliss-reactive ketones (excluding diaryl/α,β-unsaturated/α-hetero) is 1. The smallest absolute Gasteiger partial charge is 0.242 e. The third-order valence-electron chi connectivity index (χ3n) is 12.4. The Morgan fingerprint density at radius 1 is 0.636 bits per heavy atom. The number of carbonyl (C=O) groups is 3. The summed E-state index contributed by atoms with van der Waals surface area (Å²) in [6.45, 7) is 6.06. The number of para-hydroxylation sites is 2. The van der Waals surface area contributed by atoms with Crippen molar-refractivity contribution in [2.45, 2.75) is 88.6 Å². The summed E-state index contributed by atoms with van der Waals surface area (Å²) < 4.78 is 22.1. The zero-order chi connectivity index (χ0) is 37.9. The van der Waals surface area contributed by atoms with E-state index in [0.717, 1.165) is 77.7 Å². The second kappa shape index (κ2) is 13.7. The molecule has 0 bridgehead atoms. The van der Waals surface area contributed by atoms with Gasteiger partial charge in [0.25, 0.3) is 0 Å². The van der Waals surface area contributed by atoms with E-state index in [1.54, 1.807) is 6.07 Å². The number of aliphatic hydroxyl groups is 1. The first-order valence-electron chi connectivity index (χ1n) is 19.8. The molecule has 1 N–H and O–H groups in total. The number of ketones is 1. The molecule has 10 rings (SSSR count).